The van der Waals surface area contributed by atoms with E-state index in [-0.39, 0.29) is 5.41 Å². The summed E-state index contributed by atoms with van der Waals surface area (Å²) in [7, 11) is 1.99. The molecule has 0 unspecified atom stereocenters. The summed E-state index contributed by atoms with van der Waals surface area (Å²) in [4.78, 5) is 1.42. The first-order valence-corrected chi connectivity index (χ1v) is 5.86. The number of ether oxygens (including phenoxy) is 1. The number of rotatable bonds is 3. The molecular formula is C9H12BrNOS. The standard InChI is InChI=1S/C9H12BrNOS/c1-11-4-9(5-12-6-9)7-2-3-8(10)13-7/h2-3,11H,4-6H2,1H3. The van der Waals surface area contributed by atoms with E-state index in [0.29, 0.717) is 0 Å². The highest BCUT2D eigenvalue weighted by atomic mass is 79.9. The number of likely N-dealkylation sites (N-methyl/N-ethyl adjacent to an activating group) is 1. The lowest BCUT2D eigenvalue weighted by Crippen LogP contribution is -2.52. The van der Waals surface area contributed by atoms with Gasteiger partial charge in [-0.15, -0.1) is 11.3 Å². The molecule has 72 valence electrons. The van der Waals surface area contributed by atoms with Crippen molar-refractivity contribution in [1.82, 2.24) is 5.32 Å². The van der Waals surface area contributed by atoms with Crippen LogP contribution in [0.3, 0.4) is 0 Å². The van der Waals surface area contributed by atoms with Crippen molar-refractivity contribution in [2.24, 2.45) is 0 Å². The van der Waals surface area contributed by atoms with Crippen LogP contribution in [0.25, 0.3) is 0 Å². The molecule has 2 heterocycles. The van der Waals surface area contributed by atoms with Crippen molar-refractivity contribution in [3.05, 3.63) is 20.8 Å². The first-order valence-electron chi connectivity index (χ1n) is 4.25. The smallest absolute Gasteiger partial charge is 0.0701 e. The Labute approximate surface area is 90.4 Å². The second-order valence-electron chi connectivity index (χ2n) is 3.41. The number of halogens is 1. The molecule has 1 aliphatic rings. The van der Waals surface area contributed by atoms with Gasteiger partial charge in [0, 0.05) is 11.4 Å². The minimum atomic E-state index is 0.242. The van der Waals surface area contributed by atoms with Crippen molar-refractivity contribution in [2.45, 2.75) is 5.41 Å². The third kappa shape index (κ3) is 1.68. The first-order chi connectivity index (χ1) is 6.27. The molecule has 1 aromatic heterocycles. The van der Waals surface area contributed by atoms with E-state index >= 15 is 0 Å². The Morgan fingerprint density at radius 1 is 1.62 bits per heavy atom. The second-order valence-corrected chi connectivity index (χ2v) is 5.87. The molecule has 2 nitrogen and oxygen atoms in total. The molecule has 0 saturated carbocycles. The summed E-state index contributed by atoms with van der Waals surface area (Å²) in [6, 6.07) is 4.30. The minimum absolute atomic E-state index is 0.242. The normalized spacial score (nSPS) is 19.8. The van der Waals surface area contributed by atoms with Crippen molar-refractivity contribution in [2.75, 3.05) is 26.8 Å². The minimum Gasteiger partial charge on any atom is -0.379 e. The van der Waals surface area contributed by atoms with Crippen LogP contribution in [0.4, 0.5) is 0 Å². The Balaban J connectivity index is 2.21. The third-order valence-electron chi connectivity index (χ3n) is 2.37. The summed E-state index contributed by atoms with van der Waals surface area (Å²) >= 11 is 5.29. The Hall–Kier alpha value is 0.1000. The third-order valence-corrected chi connectivity index (χ3v) is 4.24. The topological polar surface area (TPSA) is 21.3 Å². The van der Waals surface area contributed by atoms with Crippen LogP contribution < -0.4 is 5.32 Å². The molecule has 0 spiro atoms. The van der Waals surface area contributed by atoms with Crippen LogP contribution in [0, 0.1) is 0 Å². The number of nitrogens with one attached hydrogen (secondary N) is 1. The molecule has 1 N–H and O–H groups in total. The Bertz CT molecular complexity index is 296. The van der Waals surface area contributed by atoms with E-state index in [1.807, 2.05) is 18.4 Å². The molecule has 2 rings (SSSR count). The average Bonchev–Trinajstić information content (AvgIpc) is 2.44. The molecule has 0 aliphatic carbocycles. The van der Waals surface area contributed by atoms with E-state index in [1.165, 1.54) is 8.66 Å². The summed E-state index contributed by atoms with van der Waals surface area (Å²) in [6.45, 7) is 2.70. The van der Waals surface area contributed by atoms with Crippen molar-refractivity contribution in [3.63, 3.8) is 0 Å². The van der Waals surface area contributed by atoms with Gasteiger partial charge in [-0.2, -0.15) is 0 Å². The van der Waals surface area contributed by atoms with E-state index in [2.05, 4.69) is 33.4 Å². The molecule has 1 fully saturated rings. The van der Waals surface area contributed by atoms with Gasteiger partial charge in [-0.1, -0.05) is 0 Å². The molecule has 0 aromatic carbocycles. The van der Waals surface area contributed by atoms with Crippen LogP contribution in [0.2, 0.25) is 0 Å². The molecule has 4 heteroatoms. The van der Waals surface area contributed by atoms with Gasteiger partial charge in [0.2, 0.25) is 0 Å². The lowest BCUT2D eigenvalue weighted by molar-refractivity contribution is -0.0564. The summed E-state index contributed by atoms with van der Waals surface area (Å²) in [5, 5.41) is 3.23. The lowest BCUT2D eigenvalue weighted by atomic mass is 9.84. The summed E-state index contributed by atoms with van der Waals surface area (Å²) in [5.74, 6) is 0. The second kappa shape index (κ2) is 3.69. The highest BCUT2D eigenvalue weighted by Crippen LogP contribution is 2.37. The van der Waals surface area contributed by atoms with Gasteiger partial charge >= 0.3 is 0 Å². The van der Waals surface area contributed by atoms with Crippen molar-refractivity contribution >= 4 is 27.3 Å². The summed E-state index contributed by atoms with van der Waals surface area (Å²) < 4.78 is 6.50. The highest BCUT2D eigenvalue weighted by molar-refractivity contribution is 9.11. The average molecular weight is 262 g/mol. The number of thiophene rings is 1. The summed E-state index contributed by atoms with van der Waals surface area (Å²) in [5.41, 5.74) is 0.242. The zero-order valence-corrected chi connectivity index (χ0v) is 9.87. The predicted molar refractivity (Wildman–Crippen MR) is 58.4 cm³/mol. The maximum Gasteiger partial charge on any atom is 0.0701 e. The zero-order chi connectivity index (χ0) is 9.31. The molecule has 0 radical (unpaired) electrons. The Morgan fingerprint density at radius 3 is 2.77 bits per heavy atom. The monoisotopic (exact) mass is 261 g/mol. The number of hydrogen-bond acceptors (Lipinski definition) is 3. The fraction of sp³-hybridized carbons (Fsp3) is 0.556. The van der Waals surface area contributed by atoms with Crippen LogP contribution in [-0.4, -0.2) is 26.8 Å². The fourth-order valence-corrected chi connectivity index (χ4v) is 3.16. The van der Waals surface area contributed by atoms with Crippen LogP contribution >= 0.6 is 27.3 Å². The van der Waals surface area contributed by atoms with Crippen LogP contribution in [0.15, 0.2) is 15.9 Å². The van der Waals surface area contributed by atoms with Crippen LogP contribution in [-0.2, 0) is 10.2 Å². The molecular weight excluding hydrogens is 250 g/mol. The van der Waals surface area contributed by atoms with E-state index in [4.69, 9.17) is 4.74 Å². The fourth-order valence-electron chi connectivity index (χ4n) is 1.62. The zero-order valence-electron chi connectivity index (χ0n) is 7.47. The predicted octanol–water partition coefficient (Wildman–Crippen LogP) is 2.00. The van der Waals surface area contributed by atoms with Crippen molar-refractivity contribution < 1.29 is 4.74 Å². The van der Waals surface area contributed by atoms with Gasteiger partial charge in [0.1, 0.15) is 0 Å². The molecule has 1 aromatic rings. The molecule has 0 bridgehead atoms. The van der Waals surface area contributed by atoms with E-state index in [9.17, 15) is 0 Å². The van der Waals surface area contributed by atoms with Gasteiger partial charge in [0.05, 0.1) is 22.4 Å². The Morgan fingerprint density at radius 2 is 2.38 bits per heavy atom. The maximum atomic E-state index is 5.31. The Kier molecular flexibility index (Phi) is 2.74. The summed E-state index contributed by atoms with van der Waals surface area (Å²) in [6.07, 6.45) is 0. The van der Waals surface area contributed by atoms with Crippen LogP contribution in [0.1, 0.15) is 4.88 Å². The van der Waals surface area contributed by atoms with E-state index in [1.54, 1.807) is 0 Å². The van der Waals surface area contributed by atoms with E-state index in [0.717, 1.165) is 19.8 Å². The molecule has 1 saturated heterocycles. The quantitative estimate of drug-likeness (QED) is 0.899. The van der Waals surface area contributed by atoms with E-state index < -0.39 is 0 Å². The molecule has 0 amide bonds. The maximum absolute atomic E-state index is 5.31. The van der Waals surface area contributed by atoms with Crippen molar-refractivity contribution in [1.29, 1.82) is 0 Å². The van der Waals surface area contributed by atoms with Crippen molar-refractivity contribution in [3.8, 4) is 0 Å². The van der Waals surface area contributed by atoms with Gasteiger partial charge < -0.3 is 10.1 Å². The van der Waals surface area contributed by atoms with Gasteiger partial charge in [-0.05, 0) is 35.1 Å². The van der Waals surface area contributed by atoms with Crippen LogP contribution in [0.5, 0.6) is 0 Å². The number of hydrogen-bond donors (Lipinski definition) is 1. The van der Waals surface area contributed by atoms with Gasteiger partial charge in [0.15, 0.2) is 0 Å². The molecule has 1 aliphatic heterocycles. The first kappa shape index (κ1) is 9.65. The lowest BCUT2D eigenvalue weighted by Gasteiger charge is -2.40. The van der Waals surface area contributed by atoms with Gasteiger partial charge in [-0.3, -0.25) is 0 Å². The van der Waals surface area contributed by atoms with Gasteiger partial charge in [-0.25, -0.2) is 0 Å². The molecule has 0 atom stereocenters. The van der Waals surface area contributed by atoms with Gasteiger partial charge in [0.25, 0.3) is 0 Å². The highest BCUT2D eigenvalue weighted by Gasteiger charge is 2.40. The molecule has 13 heavy (non-hydrogen) atoms. The SMILES string of the molecule is CNCC1(c2ccc(Br)s2)COC1. The largest absolute Gasteiger partial charge is 0.379 e.